The number of pyridine rings is 1. The summed E-state index contributed by atoms with van der Waals surface area (Å²) >= 11 is 0. The van der Waals surface area contributed by atoms with Crippen molar-refractivity contribution >= 4 is 11.8 Å². The fourth-order valence-electron chi connectivity index (χ4n) is 3.93. The number of nitrogens with one attached hydrogen (secondary N) is 1. The van der Waals surface area contributed by atoms with Crippen molar-refractivity contribution in [1.82, 2.24) is 20.4 Å². The Kier molecular flexibility index (Phi) is 7.72. The van der Waals surface area contributed by atoms with Gasteiger partial charge in [-0.2, -0.15) is 4.98 Å². The third kappa shape index (κ3) is 6.66. The highest BCUT2D eigenvalue weighted by molar-refractivity contribution is 5.90. The lowest BCUT2D eigenvalue weighted by Crippen LogP contribution is -2.24. The fraction of sp³-hybridized carbons (Fsp3) is 0.571. The van der Waals surface area contributed by atoms with Gasteiger partial charge in [0.2, 0.25) is 11.8 Å². The number of rotatable bonds is 10. The Morgan fingerprint density at radius 2 is 2.07 bits per heavy atom. The van der Waals surface area contributed by atoms with Crippen molar-refractivity contribution in [2.45, 2.75) is 70.3 Å². The van der Waals surface area contributed by atoms with Crippen molar-refractivity contribution in [3.8, 4) is 0 Å². The summed E-state index contributed by atoms with van der Waals surface area (Å²) in [5.41, 5.74) is 6.14. The van der Waals surface area contributed by atoms with Gasteiger partial charge < -0.3 is 15.6 Å². The van der Waals surface area contributed by atoms with E-state index in [1.54, 1.807) is 6.20 Å². The van der Waals surface area contributed by atoms with Gasteiger partial charge >= 0.3 is 0 Å². The molecule has 0 radical (unpaired) electrons. The zero-order valence-electron chi connectivity index (χ0n) is 16.7. The summed E-state index contributed by atoms with van der Waals surface area (Å²) in [6.45, 7) is 0.273. The van der Waals surface area contributed by atoms with E-state index in [-0.39, 0.29) is 24.7 Å². The van der Waals surface area contributed by atoms with E-state index in [1.807, 2.05) is 18.2 Å². The molecule has 1 fully saturated rings. The lowest BCUT2D eigenvalue weighted by atomic mass is 9.84. The van der Waals surface area contributed by atoms with E-state index in [0.29, 0.717) is 5.89 Å². The van der Waals surface area contributed by atoms with E-state index in [4.69, 9.17) is 10.3 Å². The molecule has 3 N–H and O–H groups in total. The van der Waals surface area contributed by atoms with Gasteiger partial charge in [-0.25, -0.2) is 0 Å². The Morgan fingerprint density at radius 1 is 1.24 bits per heavy atom. The van der Waals surface area contributed by atoms with Crippen LogP contribution in [0.3, 0.4) is 0 Å². The number of nitrogens with two attached hydrogens (primary N) is 1. The summed E-state index contributed by atoms with van der Waals surface area (Å²) in [6, 6.07) is 5.48. The van der Waals surface area contributed by atoms with Crippen molar-refractivity contribution in [3.05, 3.63) is 41.8 Å². The fourth-order valence-corrected chi connectivity index (χ4v) is 3.93. The summed E-state index contributed by atoms with van der Waals surface area (Å²) in [5.74, 6) is -0.0691. The Labute approximate surface area is 170 Å². The van der Waals surface area contributed by atoms with E-state index < -0.39 is 11.8 Å². The van der Waals surface area contributed by atoms with Gasteiger partial charge in [-0.05, 0) is 24.5 Å². The second-order valence-corrected chi connectivity index (χ2v) is 7.76. The first kappa shape index (κ1) is 21.0. The van der Waals surface area contributed by atoms with Gasteiger partial charge in [-0.15, -0.1) is 0 Å². The second kappa shape index (κ2) is 10.7. The molecule has 2 heterocycles. The van der Waals surface area contributed by atoms with Gasteiger partial charge in [0.05, 0.1) is 12.2 Å². The number of hydrogen-bond donors (Lipinski definition) is 2. The molecular weight excluding hydrogens is 370 g/mol. The van der Waals surface area contributed by atoms with Crippen LogP contribution in [-0.2, 0) is 11.3 Å². The molecule has 0 bridgehead atoms. The molecule has 2 amide bonds. The average molecular weight is 399 g/mol. The molecule has 1 unspecified atom stereocenters. The summed E-state index contributed by atoms with van der Waals surface area (Å²) in [5, 5.41) is 6.50. The van der Waals surface area contributed by atoms with Crippen molar-refractivity contribution in [2.24, 2.45) is 11.7 Å². The highest BCUT2D eigenvalue weighted by Gasteiger charge is 2.24. The van der Waals surface area contributed by atoms with Crippen LogP contribution in [0.1, 0.15) is 85.9 Å². The first-order chi connectivity index (χ1) is 14.1. The van der Waals surface area contributed by atoms with Crippen LogP contribution >= 0.6 is 0 Å². The highest BCUT2D eigenvalue weighted by Crippen LogP contribution is 2.30. The van der Waals surface area contributed by atoms with Crippen molar-refractivity contribution in [1.29, 1.82) is 0 Å². The molecule has 2 aromatic rings. The van der Waals surface area contributed by atoms with Crippen molar-refractivity contribution < 1.29 is 14.1 Å². The molecule has 1 aliphatic rings. The molecular formula is C21H29N5O3. The maximum atomic E-state index is 12.3. The van der Waals surface area contributed by atoms with Gasteiger partial charge in [0.1, 0.15) is 0 Å². The lowest BCUT2D eigenvalue weighted by Gasteiger charge is -2.21. The SMILES string of the molecule is NC(=O)CC(CCCC1CCCCC1)c1nc(C(=O)NCc2ccccn2)no1. The molecule has 156 valence electrons. The topological polar surface area (TPSA) is 124 Å². The van der Waals surface area contributed by atoms with E-state index in [9.17, 15) is 9.59 Å². The van der Waals surface area contributed by atoms with E-state index >= 15 is 0 Å². The van der Waals surface area contributed by atoms with E-state index in [2.05, 4.69) is 20.4 Å². The molecule has 8 heteroatoms. The zero-order chi connectivity index (χ0) is 20.5. The lowest BCUT2D eigenvalue weighted by molar-refractivity contribution is -0.118. The maximum absolute atomic E-state index is 12.3. The minimum Gasteiger partial charge on any atom is -0.370 e. The minimum atomic E-state index is -0.439. The van der Waals surface area contributed by atoms with Crippen molar-refractivity contribution in [3.63, 3.8) is 0 Å². The molecule has 0 aromatic carbocycles. The molecule has 3 rings (SSSR count). The predicted octanol–water partition coefficient (Wildman–Crippen LogP) is 3.10. The first-order valence-electron chi connectivity index (χ1n) is 10.4. The summed E-state index contributed by atoms with van der Waals surface area (Å²) in [7, 11) is 0. The van der Waals surface area contributed by atoms with Gasteiger partial charge in [0.25, 0.3) is 11.7 Å². The Balaban J connectivity index is 1.54. The van der Waals surface area contributed by atoms with Gasteiger partial charge in [-0.1, -0.05) is 56.2 Å². The number of hydrogen-bond acceptors (Lipinski definition) is 6. The Hall–Kier alpha value is -2.77. The molecule has 2 aromatic heterocycles. The minimum absolute atomic E-state index is 0.0438. The summed E-state index contributed by atoms with van der Waals surface area (Å²) in [6.07, 6.45) is 11.2. The standard InChI is InChI=1S/C21H29N5O3/c22-18(27)13-16(10-6-9-15-7-2-1-3-8-15)21-25-19(26-29-21)20(28)24-14-17-11-4-5-12-23-17/h4-5,11-12,15-16H,1-3,6-10,13-14H2,(H2,22,27)(H,24,28). The zero-order valence-corrected chi connectivity index (χ0v) is 16.7. The number of aromatic nitrogens is 3. The van der Waals surface area contributed by atoms with Crippen LogP contribution in [0.25, 0.3) is 0 Å². The van der Waals surface area contributed by atoms with E-state index in [0.717, 1.165) is 30.9 Å². The number of carbonyl (C=O) groups excluding carboxylic acids is 2. The number of amides is 2. The number of nitrogens with zero attached hydrogens (tertiary/aromatic N) is 3. The van der Waals surface area contributed by atoms with Gasteiger partial charge in [0, 0.05) is 18.5 Å². The monoisotopic (exact) mass is 399 g/mol. The van der Waals surface area contributed by atoms with Gasteiger partial charge in [0.15, 0.2) is 0 Å². The molecule has 0 aliphatic heterocycles. The Morgan fingerprint density at radius 3 is 2.79 bits per heavy atom. The van der Waals surface area contributed by atoms with Crippen LogP contribution < -0.4 is 11.1 Å². The van der Waals surface area contributed by atoms with Crippen LogP contribution in [0.15, 0.2) is 28.9 Å². The highest BCUT2D eigenvalue weighted by atomic mass is 16.5. The third-order valence-corrected chi connectivity index (χ3v) is 5.49. The molecule has 0 spiro atoms. The molecule has 0 saturated heterocycles. The number of primary amides is 1. The Bertz CT molecular complexity index is 787. The van der Waals surface area contributed by atoms with Crippen LogP contribution in [0.2, 0.25) is 0 Å². The normalized spacial score (nSPS) is 15.7. The van der Waals surface area contributed by atoms with Crippen LogP contribution in [0, 0.1) is 5.92 Å². The number of carbonyl (C=O) groups is 2. The van der Waals surface area contributed by atoms with Crippen LogP contribution in [0.4, 0.5) is 0 Å². The molecule has 1 saturated carbocycles. The largest absolute Gasteiger partial charge is 0.370 e. The third-order valence-electron chi connectivity index (χ3n) is 5.49. The second-order valence-electron chi connectivity index (χ2n) is 7.76. The molecule has 29 heavy (non-hydrogen) atoms. The first-order valence-corrected chi connectivity index (χ1v) is 10.4. The quantitative estimate of drug-likeness (QED) is 0.632. The molecule has 8 nitrogen and oxygen atoms in total. The smallest absolute Gasteiger partial charge is 0.293 e. The van der Waals surface area contributed by atoms with Crippen LogP contribution in [-0.4, -0.2) is 26.9 Å². The van der Waals surface area contributed by atoms with Crippen molar-refractivity contribution in [2.75, 3.05) is 0 Å². The average Bonchev–Trinajstić information content (AvgIpc) is 3.23. The van der Waals surface area contributed by atoms with Gasteiger partial charge in [-0.3, -0.25) is 14.6 Å². The molecule has 1 atom stereocenters. The molecule has 1 aliphatic carbocycles. The van der Waals surface area contributed by atoms with Crippen LogP contribution in [0.5, 0.6) is 0 Å². The predicted molar refractivity (Wildman–Crippen MR) is 107 cm³/mol. The maximum Gasteiger partial charge on any atom is 0.293 e. The summed E-state index contributed by atoms with van der Waals surface area (Å²) in [4.78, 5) is 32.2. The summed E-state index contributed by atoms with van der Waals surface area (Å²) < 4.78 is 5.30. The van der Waals surface area contributed by atoms with E-state index in [1.165, 1.54) is 32.1 Å².